The maximum Gasteiger partial charge on any atom is 0.0911 e. The summed E-state index contributed by atoms with van der Waals surface area (Å²) in [6.07, 6.45) is 8.15. The van der Waals surface area contributed by atoms with Crippen molar-refractivity contribution >= 4 is 5.84 Å². The van der Waals surface area contributed by atoms with Gasteiger partial charge >= 0.3 is 0 Å². The first-order valence-electron chi connectivity index (χ1n) is 7.02. The Kier molecular flexibility index (Phi) is 5.96. The molecule has 1 fully saturated rings. The van der Waals surface area contributed by atoms with Gasteiger partial charge < -0.3 is 10.5 Å². The van der Waals surface area contributed by atoms with Gasteiger partial charge in [0, 0.05) is 18.4 Å². The molecule has 1 saturated carbocycles. The van der Waals surface area contributed by atoms with Crippen LogP contribution in [0.15, 0.2) is 0 Å². The molecule has 0 aromatic rings. The van der Waals surface area contributed by atoms with Gasteiger partial charge in [0.15, 0.2) is 0 Å². The number of nitrogens with one attached hydrogen (secondary N) is 1. The first-order valence-corrected chi connectivity index (χ1v) is 7.02. The number of hydrogen-bond acceptors (Lipinski definition) is 2. The van der Waals surface area contributed by atoms with Crippen molar-refractivity contribution in [3.8, 4) is 0 Å². The molecule has 0 aliphatic heterocycles. The molecule has 3 nitrogen and oxygen atoms in total. The second-order valence-corrected chi connectivity index (χ2v) is 5.63. The molecule has 1 aliphatic carbocycles. The summed E-state index contributed by atoms with van der Waals surface area (Å²) in [6.45, 7) is 6.16. The molecule has 100 valence electrons. The van der Waals surface area contributed by atoms with Gasteiger partial charge in [-0.1, -0.05) is 33.1 Å². The highest BCUT2D eigenvalue weighted by atomic mass is 16.5. The molecule has 0 spiro atoms. The predicted molar refractivity (Wildman–Crippen MR) is 72.3 cm³/mol. The monoisotopic (exact) mass is 240 g/mol. The molecule has 0 amide bonds. The molecular formula is C14H28N2O. The fourth-order valence-corrected chi connectivity index (χ4v) is 2.29. The fourth-order valence-electron chi connectivity index (χ4n) is 2.29. The van der Waals surface area contributed by atoms with Crippen LogP contribution >= 0.6 is 0 Å². The van der Waals surface area contributed by atoms with Crippen LogP contribution in [-0.2, 0) is 4.74 Å². The van der Waals surface area contributed by atoms with Crippen LogP contribution in [0.4, 0.5) is 0 Å². The Bertz CT molecular complexity index is 236. The number of nitrogens with two attached hydrogens (primary N) is 1. The van der Waals surface area contributed by atoms with Crippen molar-refractivity contribution in [1.82, 2.24) is 0 Å². The maximum absolute atomic E-state index is 7.36. The second kappa shape index (κ2) is 7.00. The zero-order valence-electron chi connectivity index (χ0n) is 11.4. The molecule has 1 aliphatic rings. The van der Waals surface area contributed by atoms with Crippen LogP contribution in [-0.4, -0.2) is 19.0 Å². The van der Waals surface area contributed by atoms with E-state index in [1.54, 1.807) is 0 Å². The largest absolute Gasteiger partial charge is 0.388 e. The number of ether oxygens (including phenoxy) is 1. The molecule has 0 aromatic carbocycles. The average molecular weight is 240 g/mol. The Balaban J connectivity index is 2.15. The molecule has 0 heterocycles. The molecule has 1 atom stereocenters. The standard InChI is InChI=1S/C14H28N2O/c1-3-5-6-12(4-2)10-17-11-14(7-8-14)9-13(15)16/h12H,3-11H2,1-2H3,(H3,15,16). The number of amidine groups is 1. The fraction of sp³-hybridized carbons (Fsp3) is 0.929. The number of rotatable bonds is 10. The van der Waals surface area contributed by atoms with E-state index in [4.69, 9.17) is 15.9 Å². The van der Waals surface area contributed by atoms with Crippen LogP contribution in [0.25, 0.3) is 0 Å². The van der Waals surface area contributed by atoms with Gasteiger partial charge in [0.1, 0.15) is 0 Å². The second-order valence-electron chi connectivity index (χ2n) is 5.63. The van der Waals surface area contributed by atoms with Crippen LogP contribution in [0.5, 0.6) is 0 Å². The van der Waals surface area contributed by atoms with Gasteiger partial charge in [-0.2, -0.15) is 0 Å². The van der Waals surface area contributed by atoms with E-state index < -0.39 is 0 Å². The third-order valence-electron chi connectivity index (χ3n) is 3.83. The minimum Gasteiger partial charge on any atom is -0.388 e. The molecule has 0 aromatic heterocycles. The molecule has 1 rings (SSSR count). The van der Waals surface area contributed by atoms with Crippen LogP contribution in [0, 0.1) is 16.7 Å². The third kappa shape index (κ3) is 5.53. The van der Waals surface area contributed by atoms with Gasteiger partial charge in [-0.05, 0) is 25.2 Å². The number of hydrogen-bond donors (Lipinski definition) is 2. The van der Waals surface area contributed by atoms with Gasteiger partial charge in [-0.3, -0.25) is 5.41 Å². The Hall–Kier alpha value is -0.570. The van der Waals surface area contributed by atoms with Crippen LogP contribution < -0.4 is 5.73 Å². The molecular weight excluding hydrogens is 212 g/mol. The van der Waals surface area contributed by atoms with Crippen molar-refractivity contribution in [2.24, 2.45) is 17.1 Å². The van der Waals surface area contributed by atoms with Crippen LogP contribution in [0.2, 0.25) is 0 Å². The Labute approximate surface area is 106 Å². The van der Waals surface area contributed by atoms with E-state index in [2.05, 4.69) is 13.8 Å². The van der Waals surface area contributed by atoms with Gasteiger partial charge in [-0.15, -0.1) is 0 Å². The lowest BCUT2D eigenvalue weighted by molar-refractivity contribution is 0.0612. The summed E-state index contributed by atoms with van der Waals surface area (Å²) < 4.78 is 5.86. The van der Waals surface area contributed by atoms with E-state index in [1.165, 1.54) is 38.5 Å². The van der Waals surface area contributed by atoms with E-state index in [9.17, 15) is 0 Å². The Morgan fingerprint density at radius 1 is 1.41 bits per heavy atom. The number of unbranched alkanes of at least 4 members (excludes halogenated alkanes) is 1. The van der Waals surface area contributed by atoms with Crippen molar-refractivity contribution in [3.63, 3.8) is 0 Å². The van der Waals surface area contributed by atoms with Crippen LogP contribution in [0.3, 0.4) is 0 Å². The van der Waals surface area contributed by atoms with Crippen molar-refractivity contribution < 1.29 is 4.74 Å². The summed E-state index contributed by atoms with van der Waals surface area (Å²) in [6, 6.07) is 0. The maximum atomic E-state index is 7.36. The minimum atomic E-state index is 0.231. The van der Waals surface area contributed by atoms with Crippen molar-refractivity contribution in [3.05, 3.63) is 0 Å². The average Bonchev–Trinajstić information content (AvgIpc) is 3.02. The molecule has 3 N–H and O–H groups in total. The lowest BCUT2D eigenvalue weighted by Crippen LogP contribution is -2.22. The molecule has 0 saturated heterocycles. The summed E-state index contributed by atoms with van der Waals surface area (Å²) in [7, 11) is 0. The van der Waals surface area contributed by atoms with E-state index in [0.717, 1.165) is 19.6 Å². The first-order chi connectivity index (χ1) is 8.12. The van der Waals surface area contributed by atoms with E-state index in [-0.39, 0.29) is 5.41 Å². The summed E-state index contributed by atoms with van der Waals surface area (Å²) in [5, 5.41) is 7.36. The smallest absolute Gasteiger partial charge is 0.0911 e. The first kappa shape index (κ1) is 14.5. The highest BCUT2D eigenvalue weighted by Crippen LogP contribution is 2.48. The lowest BCUT2D eigenvalue weighted by atomic mass is 10.00. The molecule has 1 unspecified atom stereocenters. The molecule has 0 bridgehead atoms. The van der Waals surface area contributed by atoms with Crippen molar-refractivity contribution in [2.45, 2.75) is 58.8 Å². The van der Waals surface area contributed by atoms with E-state index >= 15 is 0 Å². The molecule has 3 heteroatoms. The van der Waals surface area contributed by atoms with Gasteiger partial charge in [0.2, 0.25) is 0 Å². The van der Waals surface area contributed by atoms with Gasteiger partial charge in [-0.25, -0.2) is 0 Å². The highest BCUT2D eigenvalue weighted by Gasteiger charge is 2.43. The topological polar surface area (TPSA) is 59.1 Å². The summed E-state index contributed by atoms with van der Waals surface area (Å²) in [5.74, 6) is 1.02. The SMILES string of the molecule is CCCCC(CC)COCC1(CC(=N)N)CC1. The zero-order valence-corrected chi connectivity index (χ0v) is 11.4. The highest BCUT2D eigenvalue weighted by molar-refractivity contribution is 5.78. The lowest BCUT2D eigenvalue weighted by Gasteiger charge is -2.18. The van der Waals surface area contributed by atoms with E-state index in [0.29, 0.717) is 11.8 Å². The van der Waals surface area contributed by atoms with Crippen molar-refractivity contribution in [2.75, 3.05) is 13.2 Å². The minimum absolute atomic E-state index is 0.231. The molecule has 0 radical (unpaired) electrons. The normalized spacial score (nSPS) is 18.9. The van der Waals surface area contributed by atoms with E-state index in [1.807, 2.05) is 0 Å². The Morgan fingerprint density at radius 2 is 2.12 bits per heavy atom. The summed E-state index contributed by atoms with van der Waals surface area (Å²) >= 11 is 0. The van der Waals surface area contributed by atoms with Gasteiger partial charge in [0.05, 0.1) is 12.4 Å². The zero-order chi connectivity index (χ0) is 12.7. The van der Waals surface area contributed by atoms with Crippen LogP contribution in [0.1, 0.15) is 58.8 Å². The molecule has 17 heavy (non-hydrogen) atoms. The predicted octanol–water partition coefficient (Wildman–Crippen LogP) is 3.33. The Morgan fingerprint density at radius 3 is 2.59 bits per heavy atom. The van der Waals surface area contributed by atoms with Crippen molar-refractivity contribution in [1.29, 1.82) is 5.41 Å². The quantitative estimate of drug-likeness (QED) is 0.454. The van der Waals surface area contributed by atoms with Gasteiger partial charge in [0.25, 0.3) is 0 Å². The summed E-state index contributed by atoms with van der Waals surface area (Å²) in [4.78, 5) is 0. The third-order valence-corrected chi connectivity index (χ3v) is 3.83. The summed E-state index contributed by atoms with van der Waals surface area (Å²) in [5.41, 5.74) is 5.70.